The molecule has 1 spiro atoms. The Hall–Kier alpha value is -1.98. The van der Waals surface area contributed by atoms with Crippen molar-refractivity contribution in [3.05, 3.63) is 40.1 Å². The largest absolute Gasteiger partial charge is 0.381 e. The van der Waals surface area contributed by atoms with Crippen molar-refractivity contribution in [2.75, 3.05) is 18.5 Å². The van der Waals surface area contributed by atoms with Crippen molar-refractivity contribution in [2.24, 2.45) is 5.41 Å². The molecule has 26 heavy (non-hydrogen) atoms. The normalized spacial score (nSPS) is 22.7. The molecule has 5 nitrogen and oxygen atoms in total. The van der Waals surface area contributed by atoms with E-state index >= 15 is 0 Å². The third-order valence-corrected chi connectivity index (χ3v) is 5.68. The van der Waals surface area contributed by atoms with Crippen molar-refractivity contribution in [3.63, 3.8) is 0 Å². The van der Waals surface area contributed by atoms with Gasteiger partial charge in [0.2, 0.25) is 0 Å². The summed E-state index contributed by atoms with van der Waals surface area (Å²) in [6.07, 6.45) is 4.19. The highest BCUT2D eigenvalue weighted by molar-refractivity contribution is 6.39. The van der Waals surface area contributed by atoms with E-state index in [-0.39, 0.29) is 16.6 Å². The van der Waals surface area contributed by atoms with E-state index < -0.39 is 11.3 Å². The quantitative estimate of drug-likeness (QED) is 0.619. The molecule has 1 aliphatic carbocycles. The van der Waals surface area contributed by atoms with Gasteiger partial charge in [0.25, 0.3) is 0 Å². The smallest absolute Gasteiger partial charge is 0.154 e. The fourth-order valence-electron chi connectivity index (χ4n) is 4.16. The molecule has 0 bridgehead atoms. The highest BCUT2D eigenvalue weighted by atomic mass is 35.5. The zero-order chi connectivity index (χ0) is 18.9. The number of hydrogen-bond acceptors (Lipinski definition) is 5. The van der Waals surface area contributed by atoms with Crippen LogP contribution in [-0.4, -0.2) is 31.0 Å². The number of benzene rings is 1. The molecule has 2 aliphatic rings. The van der Waals surface area contributed by atoms with Crippen LogP contribution in [0.25, 0.3) is 0 Å². The van der Waals surface area contributed by atoms with Gasteiger partial charge in [-0.3, -0.25) is 9.59 Å². The average molecular weight is 375 g/mol. The van der Waals surface area contributed by atoms with Gasteiger partial charge < -0.3 is 15.5 Å². The van der Waals surface area contributed by atoms with E-state index in [4.69, 9.17) is 21.7 Å². The molecular weight excluding hydrogens is 352 g/mol. The second-order valence-corrected chi connectivity index (χ2v) is 7.61. The Balaban J connectivity index is 1.93. The Morgan fingerprint density at radius 2 is 1.88 bits per heavy atom. The van der Waals surface area contributed by atoms with Crippen LogP contribution in [0, 0.1) is 24.7 Å². The van der Waals surface area contributed by atoms with Crippen LogP contribution in [0.3, 0.4) is 0 Å². The maximum Gasteiger partial charge on any atom is 0.154 e. The molecule has 1 saturated heterocycles. The first-order chi connectivity index (χ1) is 12.4. The van der Waals surface area contributed by atoms with Crippen LogP contribution in [0.2, 0.25) is 0 Å². The van der Waals surface area contributed by atoms with E-state index in [0.29, 0.717) is 32.5 Å². The average Bonchev–Trinajstić information content (AvgIpc) is 2.84. The van der Waals surface area contributed by atoms with Crippen LogP contribution < -0.4 is 5.32 Å². The summed E-state index contributed by atoms with van der Waals surface area (Å²) >= 11 is 5.81. The number of Topliss-reactive ketones (excluding diaryl/α,β-unsaturated/α-hetero) is 2. The lowest BCUT2D eigenvalue weighted by molar-refractivity contribution is -0.131. The molecular formula is C20H23ClN2O3. The minimum absolute atomic E-state index is 0.0237. The van der Waals surface area contributed by atoms with E-state index in [1.165, 1.54) is 6.20 Å². The maximum absolute atomic E-state index is 13.2. The Labute approximate surface area is 158 Å². The summed E-state index contributed by atoms with van der Waals surface area (Å²) in [7, 11) is 0. The molecule has 0 aromatic heterocycles. The number of rotatable bonds is 4. The number of allylic oxidation sites excluding steroid dienone is 1. The van der Waals surface area contributed by atoms with Crippen molar-refractivity contribution < 1.29 is 14.3 Å². The molecule has 138 valence electrons. The Morgan fingerprint density at radius 1 is 1.27 bits per heavy atom. The van der Waals surface area contributed by atoms with Crippen LogP contribution in [-0.2, 0) is 14.3 Å². The molecule has 1 atom stereocenters. The molecule has 1 unspecified atom stereocenters. The molecule has 1 aromatic rings. The van der Waals surface area contributed by atoms with E-state index in [1.54, 1.807) is 0 Å². The number of carbonyl (C=O) groups is 2. The van der Waals surface area contributed by atoms with Gasteiger partial charge in [0, 0.05) is 43.2 Å². The van der Waals surface area contributed by atoms with E-state index in [1.807, 2.05) is 26.0 Å². The first kappa shape index (κ1) is 18.8. The number of ether oxygens (including phenoxy) is 1. The number of ketones is 2. The van der Waals surface area contributed by atoms with Crippen molar-refractivity contribution in [2.45, 2.75) is 39.0 Å². The third-order valence-electron chi connectivity index (χ3n) is 5.47. The highest BCUT2D eigenvalue weighted by Crippen LogP contribution is 2.48. The topological polar surface area (TPSA) is 79.2 Å². The van der Waals surface area contributed by atoms with Gasteiger partial charge in [-0.15, -0.1) is 0 Å². The zero-order valence-corrected chi connectivity index (χ0v) is 15.8. The Bertz CT molecular complexity index is 771. The maximum atomic E-state index is 13.2. The lowest BCUT2D eigenvalue weighted by atomic mass is 9.76. The lowest BCUT2D eigenvalue weighted by Gasteiger charge is -2.31. The molecule has 1 saturated carbocycles. The fraction of sp³-hybridized carbons (Fsp3) is 0.450. The zero-order valence-electron chi connectivity index (χ0n) is 15.0. The molecule has 1 aromatic carbocycles. The summed E-state index contributed by atoms with van der Waals surface area (Å²) in [6, 6.07) is 3.81. The Kier molecular flexibility index (Phi) is 5.30. The van der Waals surface area contributed by atoms with Crippen molar-refractivity contribution in [3.8, 4) is 0 Å². The lowest BCUT2D eigenvalue weighted by Crippen LogP contribution is -2.34. The summed E-state index contributed by atoms with van der Waals surface area (Å²) in [5, 5.41) is 10.4. The van der Waals surface area contributed by atoms with Crippen molar-refractivity contribution in [1.82, 2.24) is 0 Å². The number of aryl methyl sites for hydroxylation is 2. The molecule has 3 rings (SSSR count). The number of carbonyl (C=O) groups excluding carboxylic acids is 2. The van der Waals surface area contributed by atoms with Gasteiger partial charge in [-0.2, -0.15) is 0 Å². The van der Waals surface area contributed by atoms with E-state index in [9.17, 15) is 9.59 Å². The first-order valence-electron chi connectivity index (χ1n) is 8.76. The van der Waals surface area contributed by atoms with Gasteiger partial charge in [0.05, 0.1) is 5.03 Å². The van der Waals surface area contributed by atoms with Gasteiger partial charge in [-0.25, -0.2) is 0 Å². The molecule has 6 heteroatoms. The van der Waals surface area contributed by atoms with Crippen molar-refractivity contribution in [1.29, 1.82) is 5.41 Å². The van der Waals surface area contributed by atoms with E-state index in [2.05, 4.69) is 5.32 Å². The summed E-state index contributed by atoms with van der Waals surface area (Å²) in [4.78, 5) is 26.0. The van der Waals surface area contributed by atoms with Crippen LogP contribution in [0.5, 0.6) is 0 Å². The summed E-state index contributed by atoms with van der Waals surface area (Å²) in [5.74, 6) is -0.581. The van der Waals surface area contributed by atoms with Crippen LogP contribution in [0.4, 0.5) is 5.69 Å². The van der Waals surface area contributed by atoms with Crippen LogP contribution in [0.1, 0.15) is 41.9 Å². The molecule has 1 heterocycles. The fourth-order valence-corrected chi connectivity index (χ4v) is 4.21. The summed E-state index contributed by atoms with van der Waals surface area (Å²) in [5.41, 5.74) is 2.92. The molecule has 0 amide bonds. The standard InChI is InChI=1S/C20H23ClN2O3/c1-12-7-15(23-11-14(21)10-22)8-13(2)17(12)18-16(24)9-20(19(18)25)3-5-26-6-4-20/h7-8,10-11,18,22-23H,3-6,9H2,1-2H3/b14-11+,22-10?. The minimum Gasteiger partial charge on any atom is -0.381 e. The van der Waals surface area contributed by atoms with Gasteiger partial charge >= 0.3 is 0 Å². The van der Waals surface area contributed by atoms with E-state index in [0.717, 1.165) is 28.6 Å². The molecule has 0 radical (unpaired) electrons. The predicted octanol–water partition coefficient (Wildman–Crippen LogP) is 3.87. The number of nitrogens with one attached hydrogen (secondary N) is 2. The number of anilines is 1. The molecule has 1 aliphatic heterocycles. The van der Waals surface area contributed by atoms with Gasteiger partial charge in [-0.1, -0.05) is 11.6 Å². The molecule has 2 N–H and O–H groups in total. The predicted molar refractivity (Wildman–Crippen MR) is 102 cm³/mol. The summed E-state index contributed by atoms with van der Waals surface area (Å²) < 4.78 is 5.40. The second kappa shape index (κ2) is 7.33. The first-order valence-corrected chi connectivity index (χ1v) is 9.14. The Morgan fingerprint density at radius 3 is 2.46 bits per heavy atom. The second-order valence-electron chi connectivity index (χ2n) is 7.17. The monoisotopic (exact) mass is 374 g/mol. The SMILES string of the molecule is Cc1cc(N/C=C(/Cl)C=N)cc(C)c1C1C(=O)CC2(CCOCC2)C1=O. The third kappa shape index (κ3) is 3.33. The van der Waals surface area contributed by atoms with Gasteiger partial charge in [0.15, 0.2) is 5.78 Å². The molecule has 2 fully saturated rings. The summed E-state index contributed by atoms with van der Waals surface area (Å²) in [6.45, 7) is 4.94. The number of halogens is 1. The minimum atomic E-state index is -0.664. The van der Waals surface area contributed by atoms with Gasteiger partial charge in [0.1, 0.15) is 11.7 Å². The van der Waals surface area contributed by atoms with Crippen LogP contribution >= 0.6 is 11.6 Å². The van der Waals surface area contributed by atoms with Crippen molar-refractivity contribution >= 4 is 35.1 Å². The highest BCUT2D eigenvalue weighted by Gasteiger charge is 2.53. The van der Waals surface area contributed by atoms with Gasteiger partial charge in [-0.05, 0) is 55.5 Å². The van der Waals surface area contributed by atoms with Crippen LogP contribution in [0.15, 0.2) is 23.4 Å². The number of hydrogen-bond donors (Lipinski definition) is 2.